The van der Waals surface area contributed by atoms with Gasteiger partial charge in [-0.3, -0.25) is 0 Å². The lowest BCUT2D eigenvalue weighted by Crippen LogP contribution is -2.74. The van der Waals surface area contributed by atoms with Gasteiger partial charge in [-0.05, 0) is 130 Å². The first-order valence-electron chi connectivity index (χ1n) is 23.1. The lowest BCUT2D eigenvalue weighted by Gasteiger charge is -2.38. The van der Waals surface area contributed by atoms with Crippen molar-refractivity contribution in [3.05, 3.63) is 239 Å². The van der Waals surface area contributed by atoms with Crippen molar-refractivity contribution in [2.24, 2.45) is 0 Å². The van der Waals surface area contributed by atoms with Crippen molar-refractivity contribution in [3.63, 3.8) is 0 Å². The van der Waals surface area contributed by atoms with Crippen molar-refractivity contribution in [2.75, 3.05) is 9.80 Å². The number of rotatable bonds is 6. The van der Waals surface area contributed by atoms with E-state index in [0.717, 1.165) is 60.9 Å². The molecule has 0 radical (unpaired) electrons. The van der Waals surface area contributed by atoms with Crippen LogP contribution in [0.25, 0.3) is 22.3 Å². The van der Waals surface area contributed by atoms with Crippen LogP contribution in [0.3, 0.4) is 0 Å². The van der Waals surface area contributed by atoms with E-state index in [0.29, 0.717) is 5.02 Å². The molecule has 0 unspecified atom stereocenters. The summed E-state index contributed by atoms with van der Waals surface area (Å²) in [4.78, 5) is 4.86. The Morgan fingerprint density at radius 3 is 1.10 bits per heavy atom. The van der Waals surface area contributed by atoms with Crippen LogP contribution in [0.1, 0.15) is 52.7 Å². The molecular weight excluding hydrogens is 916 g/mol. The quantitative estimate of drug-likeness (QED) is 0.153. The van der Waals surface area contributed by atoms with E-state index in [2.05, 4.69) is 286 Å². The Morgan fingerprint density at radius 1 is 0.373 bits per heavy atom. The fourth-order valence-electron chi connectivity index (χ4n) is 9.93. The number of fused-ring (bicyclic) bond motifs is 6. The van der Waals surface area contributed by atoms with Crippen molar-refractivity contribution in [2.45, 2.75) is 52.4 Å². The number of nitrogens with zero attached hydrogens (tertiary/aromatic N) is 2. The zero-order valence-corrected chi connectivity index (χ0v) is 42.3. The van der Waals surface area contributed by atoms with Gasteiger partial charge in [0.1, 0.15) is 0 Å². The highest BCUT2D eigenvalue weighted by atomic mass is 79.9. The highest BCUT2D eigenvalue weighted by Gasteiger charge is 2.43. The van der Waals surface area contributed by atoms with Gasteiger partial charge in [0.25, 0.3) is 0 Å². The van der Waals surface area contributed by atoms with E-state index in [1.165, 1.54) is 31.9 Å². The second-order valence-corrected chi connectivity index (χ2v) is 24.7. The summed E-state index contributed by atoms with van der Waals surface area (Å²) in [6.07, 6.45) is 0. The standard InChI is InChI=1S/C62H54BrClN2Si/c1-61(2,3)45-33-35-56(54(37-45)43-21-11-7-12-22-43)65-48-25-19-31-52(41-48)67(50-27-15-9-16-28-50,51-29-17-10-18-30-51)53-32-20-26-49(42-53)66(59-40-47(64)39-58(65)60(59)63)57-36-34-46(62(4,5)6)38-55(57)44-23-13-8-14-24-44/h7-42H,1-6H3. The molecule has 1 aliphatic rings. The number of hydrogen-bond acceptors (Lipinski definition) is 2. The molecule has 0 aliphatic carbocycles. The van der Waals surface area contributed by atoms with E-state index < -0.39 is 8.07 Å². The topological polar surface area (TPSA) is 6.48 Å². The van der Waals surface area contributed by atoms with E-state index in [1.54, 1.807) is 0 Å². The van der Waals surface area contributed by atoms with Gasteiger partial charge in [0, 0.05) is 27.5 Å². The number of hydrogen-bond donors (Lipinski definition) is 0. The summed E-state index contributed by atoms with van der Waals surface area (Å²) in [5.74, 6) is 0. The third-order valence-corrected chi connectivity index (χ3v) is 19.1. The predicted molar refractivity (Wildman–Crippen MR) is 294 cm³/mol. The second-order valence-electron chi connectivity index (χ2n) is 19.7. The van der Waals surface area contributed by atoms with Gasteiger partial charge in [0.2, 0.25) is 0 Å². The summed E-state index contributed by atoms with van der Waals surface area (Å²) in [6.45, 7) is 13.7. The molecule has 9 aromatic carbocycles. The lowest BCUT2D eigenvalue weighted by atomic mass is 9.84. The molecule has 0 N–H and O–H groups in total. The van der Waals surface area contributed by atoms with Crippen LogP contribution in [0.5, 0.6) is 0 Å². The van der Waals surface area contributed by atoms with Gasteiger partial charge in [0.05, 0.1) is 27.2 Å². The Bertz CT molecular complexity index is 3020. The summed E-state index contributed by atoms with van der Waals surface area (Å²) in [6, 6.07) is 80.9. The van der Waals surface area contributed by atoms with Gasteiger partial charge in [-0.15, -0.1) is 0 Å². The molecule has 330 valence electrons. The van der Waals surface area contributed by atoms with Crippen LogP contribution in [0.15, 0.2) is 223 Å². The van der Waals surface area contributed by atoms with Crippen LogP contribution in [0.4, 0.5) is 34.1 Å². The molecular formula is C62H54BrClN2Si. The highest BCUT2D eigenvalue weighted by Crippen LogP contribution is 2.52. The lowest BCUT2D eigenvalue weighted by molar-refractivity contribution is 0.590. The van der Waals surface area contributed by atoms with Crippen LogP contribution < -0.4 is 30.5 Å². The first-order valence-corrected chi connectivity index (χ1v) is 26.3. The molecule has 0 fully saturated rings. The molecule has 0 spiro atoms. The Hall–Kier alpha value is -6.43. The Balaban J connectivity index is 1.39. The summed E-state index contributed by atoms with van der Waals surface area (Å²) < 4.78 is 0.917. The van der Waals surface area contributed by atoms with Crippen LogP contribution in [0.2, 0.25) is 5.02 Å². The van der Waals surface area contributed by atoms with E-state index in [4.69, 9.17) is 11.6 Å². The summed E-state index contributed by atoms with van der Waals surface area (Å²) in [7, 11) is -3.08. The van der Waals surface area contributed by atoms with E-state index in [-0.39, 0.29) is 10.8 Å². The van der Waals surface area contributed by atoms with Crippen molar-refractivity contribution < 1.29 is 0 Å². The van der Waals surface area contributed by atoms with Gasteiger partial charge in [-0.2, -0.15) is 0 Å². The third-order valence-electron chi connectivity index (χ3n) is 13.3. The van der Waals surface area contributed by atoms with Gasteiger partial charge in [-0.25, -0.2) is 0 Å². The maximum Gasteiger partial charge on any atom is 0.179 e. The average Bonchev–Trinajstić information content (AvgIpc) is 3.34. The first-order chi connectivity index (χ1) is 32.3. The summed E-state index contributed by atoms with van der Waals surface area (Å²) in [5.41, 5.74) is 13.0. The molecule has 2 nitrogen and oxygen atoms in total. The van der Waals surface area contributed by atoms with Crippen molar-refractivity contribution >= 4 is 90.5 Å². The minimum atomic E-state index is -3.08. The molecule has 0 aromatic heterocycles. The second kappa shape index (κ2) is 17.7. The monoisotopic (exact) mass is 968 g/mol. The zero-order valence-electron chi connectivity index (χ0n) is 38.9. The SMILES string of the molecule is CC(C)(C)c1ccc(N2c3cccc(c3)[Si](c3ccccc3)(c3ccccc3)c3cccc(c3)N(c3ccc(C(C)(C)C)cc3-c3ccccc3)c3cc(Cl)cc2c3Br)c(-c2ccccc2)c1. The minimum absolute atomic E-state index is 0.0730. The fraction of sp³-hybridized carbons (Fsp3) is 0.129. The van der Waals surface area contributed by atoms with Crippen LogP contribution in [-0.2, 0) is 10.8 Å². The maximum atomic E-state index is 7.52. The van der Waals surface area contributed by atoms with E-state index >= 15 is 0 Å². The molecule has 0 atom stereocenters. The summed E-state index contributed by atoms with van der Waals surface area (Å²) >= 11 is 11.9. The molecule has 6 bridgehead atoms. The van der Waals surface area contributed by atoms with Gasteiger partial charge in [0.15, 0.2) is 8.07 Å². The number of anilines is 6. The highest BCUT2D eigenvalue weighted by molar-refractivity contribution is 9.10. The molecule has 1 heterocycles. The van der Waals surface area contributed by atoms with Gasteiger partial charge < -0.3 is 9.80 Å². The minimum Gasteiger partial charge on any atom is -0.309 e. The van der Waals surface area contributed by atoms with Crippen LogP contribution in [-0.4, -0.2) is 8.07 Å². The molecule has 0 saturated carbocycles. The molecule has 67 heavy (non-hydrogen) atoms. The van der Waals surface area contributed by atoms with Crippen molar-refractivity contribution in [1.29, 1.82) is 0 Å². The zero-order chi connectivity index (χ0) is 46.5. The van der Waals surface area contributed by atoms with Gasteiger partial charge in [-0.1, -0.05) is 211 Å². The third kappa shape index (κ3) is 8.16. The molecule has 0 amide bonds. The molecule has 0 saturated heterocycles. The summed E-state index contributed by atoms with van der Waals surface area (Å²) in [5, 5.41) is 5.81. The van der Waals surface area contributed by atoms with Crippen molar-refractivity contribution in [3.8, 4) is 22.3 Å². The Morgan fingerprint density at radius 2 is 0.731 bits per heavy atom. The average molecular weight is 971 g/mol. The number of halogens is 2. The molecule has 5 heteroatoms. The maximum absolute atomic E-state index is 7.52. The predicted octanol–water partition coefficient (Wildman–Crippen LogP) is 15.7. The smallest absolute Gasteiger partial charge is 0.179 e. The van der Waals surface area contributed by atoms with Crippen LogP contribution in [0, 0.1) is 0 Å². The Labute approximate surface area is 411 Å². The van der Waals surface area contributed by atoms with E-state index in [1.807, 2.05) is 0 Å². The Kier molecular flexibility index (Phi) is 11.7. The normalized spacial score (nSPS) is 13.4. The largest absolute Gasteiger partial charge is 0.309 e. The number of benzene rings is 9. The van der Waals surface area contributed by atoms with Gasteiger partial charge >= 0.3 is 0 Å². The molecule has 10 rings (SSSR count). The molecule has 9 aromatic rings. The van der Waals surface area contributed by atoms with Crippen LogP contribution >= 0.6 is 27.5 Å². The van der Waals surface area contributed by atoms with Crippen molar-refractivity contribution in [1.82, 2.24) is 0 Å². The van der Waals surface area contributed by atoms with E-state index in [9.17, 15) is 0 Å². The fourth-order valence-corrected chi connectivity index (χ4v) is 15.5. The first kappa shape index (κ1) is 44.4. The molecule has 1 aliphatic heterocycles.